The molecule has 1 aromatic heterocycles. The van der Waals surface area contributed by atoms with Gasteiger partial charge in [-0.25, -0.2) is 0 Å². The van der Waals surface area contributed by atoms with Crippen molar-refractivity contribution in [3.05, 3.63) is 39.0 Å². The number of thioether (sulfide) groups is 1. The van der Waals surface area contributed by atoms with Crippen molar-refractivity contribution in [2.75, 3.05) is 6.26 Å². The molecule has 0 fully saturated rings. The van der Waals surface area contributed by atoms with Gasteiger partial charge in [0.05, 0.1) is 21.0 Å². The van der Waals surface area contributed by atoms with Crippen molar-refractivity contribution in [1.82, 2.24) is 4.98 Å². The summed E-state index contributed by atoms with van der Waals surface area (Å²) in [6, 6.07) is 4.69. The van der Waals surface area contributed by atoms with Gasteiger partial charge in [0.15, 0.2) is 0 Å². The summed E-state index contributed by atoms with van der Waals surface area (Å²) in [4.78, 5) is 15.1. The minimum atomic E-state index is -0.492. The van der Waals surface area contributed by atoms with E-state index in [1.807, 2.05) is 6.07 Å². The first kappa shape index (κ1) is 12.6. The lowest BCUT2D eigenvalue weighted by Crippen LogP contribution is -1.92. The molecule has 0 aliphatic carbocycles. The third-order valence-corrected chi connectivity index (χ3v) is 3.56. The standard InChI is InChI=1S/C11H6ClN3O2S/c1-18-9-3-7(15(16)17)2-8-10(12)6(4-13)5-14-11(8)9/h2-3,5H,1H3. The summed E-state index contributed by atoms with van der Waals surface area (Å²) in [5.41, 5.74) is 0.708. The molecule has 0 saturated carbocycles. The van der Waals surface area contributed by atoms with Gasteiger partial charge in [-0.2, -0.15) is 5.26 Å². The average molecular weight is 280 g/mol. The third kappa shape index (κ3) is 1.98. The van der Waals surface area contributed by atoms with E-state index in [2.05, 4.69) is 4.98 Å². The van der Waals surface area contributed by atoms with E-state index in [9.17, 15) is 10.1 Å². The van der Waals surface area contributed by atoms with Crippen LogP contribution in [0.5, 0.6) is 0 Å². The lowest BCUT2D eigenvalue weighted by Gasteiger charge is -2.05. The van der Waals surface area contributed by atoms with Gasteiger partial charge in [-0.15, -0.1) is 11.8 Å². The number of aromatic nitrogens is 1. The van der Waals surface area contributed by atoms with E-state index >= 15 is 0 Å². The molecule has 0 bridgehead atoms. The quantitative estimate of drug-likeness (QED) is 0.478. The van der Waals surface area contributed by atoms with Gasteiger partial charge >= 0.3 is 0 Å². The van der Waals surface area contributed by atoms with E-state index in [1.165, 1.54) is 30.1 Å². The largest absolute Gasteiger partial charge is 0.271 e. The van der Waals surface area contributed by atoms with E-state index in [0.29, 0.717) is 15.8 Å². The zero-order valence-corrected chi connectivity index (χ0v) is 10.7. The van der Waals surface area contributed by atoms with Crippen molar-refractivity contribution in [2.24, 2.45) is 0 Å². The third-order valence-electron chi connectivity index (χ3n) is 2.41. The number of rotatable bonds is 2. The van der Waals surface area contributed by atoms with Gasteiger partial charge in [0.2, 0.25) is 0 Å². The highest BCUT2D eigenvalue weighted by molar-refractivity contribution is 7.98. The summed E-state index contributed by atoms with van der Waals surface area (Å²) < 4.78 is 0. The number of hydrogen-bond donors (Lipinski definition) is 0. The molecule has 0 radical (unpaired) electrons. The number of pyridine rings is 1. The van der Waals surface area contributed by atoms with Crippen molar-refractivity contribution in [3.8, 4) is 6.07 Å². The van der Waals surface area contributed by atoms with Gasteiger partial charge < -0.3 is 0 Å². The van der Waals surface area contributed by atoms with Crippen LogP contribution in [0, 0.1) is 21.4 Å². The Morgan fingerprint density at radius 2 is 2.28 bits per heavy atom. The molecule has 0 amide bonds. The van der Waals surface area contributed by atoms with Gasteiger partial charge in [0, 0.05) is 28.6 Å². The van der Waals surface area contributed by atoms with Crippen LogP contribution in [0.3, 0.4) is 0 Å². The van der Waals surface area contributed by atoms with Gasteiger partial charge in [-0.1, -0.05) is 11.6 Å². The molecule has 90 valence electrons. The highest BCUT2D eigenvalue weighted by Crippen LogP contribution is 2.34. The maximum atomic E-state index is 10.8. The Kier molecular flexibility index (Phi) is 3.36. The normalized spacial score (nSPS) is 10.3. The molecule has 0 saturated heterocycles. The molecule has 0 N–H and O–H groups in total. The molecule has 18 heavy (non-hydrogen) atoms. The Bertz CT molecular complexity index is 697. The topological polar surface area (TPSA) is 79.8 Å². The first-order chi connectivity index (χ1) is 8.58. The Labute approximate surface area is 112 Å². The lowest BCUT2D eigenvalue weighted by molar-refractivity contribution is -0.384. The molecular weight excluding hydrogens is 274 g/mol. The number of nitro groups is 1. The van der Waals surface area contributed by atoms with Crippen molar-refractivity contribution in [1.29, 1.82) is 5.26 Å². The second-order valence-corrected chi connectivity index (χ2v) is 4.63. The van der Waals surface area contributed by atoms with Crippen LogP contribution in [0.15, 0.2) is 23.2 Å². The van der Waals surface area contributed by atoms with E-state index in [1.54, 1.807) is 6.26 Å². The molecule has 2 aromatic rings. The predicted octanol–water partition coefficient (Wildman–Crippen LogP) is 3.39. The predicted molar refractivity (Wildman–Crippen MR) is 69.9 cm³/mol. The minimum absolute atomic E-state index is 0.0642. The first-order valence-corrected chi connectivity index (χ1v) is 6.39. The fourth-order valence-corrected chi connectivity index (χ4v) is 2.39. The number of fused-ring (bicyclic) bond motifs is 1. The van der Waals surface area contributed by atoms with Crippen molar-refractivity contribution >= 4 is 40.0 Å². The van der Waals surface area contributed by atoms with Crippen LogP contribution in [-0.4, -0.2) is 16.2 Å². The van der Waals surface area contributed by atoms with E-state index in [4.69, 9.17) is 16.9 Å². The van der Waals surface area contributed by atoms with Gasteiger partial charge in [-0.05, 0) is 6.26 Å². The van der Waals surface area contributed by atoms with Crippen LogP contribution in [0.1, 0.15) is 5.56 Å². The Morgan fingerprint density at radius 3 is 2.83 bits per heavy atom. The van der Waals surface area contributed by atoms with Gasteiger partial charge in [0.25, 0.3) is 5.69 Å². The molecule has 1 heterocycles. The number of nitrogens with zero attached hydrogens (tertiary/aromatic N) is 3. The number of benzene rings is 1. The number of halogens is 1. The van der Waals surface area contributed by atoms with Crippen LogP contribution < -0.4 is 0 Å². The molecule has 7 heteroatoms. The fourth-order valence-electron chi connectivity index (χ4n) is 1.56. The van der Waals surface area contributed by atoms with Crippen LogP contribution >= 0.6 is 23.4 Å². The molecule has 1 aromatic carbocycles. The average Bonchev–Trinajstić information content (AvgIpc) is 2.38. The molecule has 2 rings (SSSR count). The number of non-ortho nitro benzene ring substituents is 1. The monoisotopic (exact) mass is 279 g/mol. The smallest absolute Gasteiger partial charge is 0.258 e. The zero-order valence-electron chi connectivity index (χ0n) is 9.18. The highest BCUT2D eigenvalue weighted by atomic mass is 35.5. The molecule has 0 atom stereocenters. The second kappa shape index (κ2) is 4.80. The molecular formula is C11H6ClN3O2S. The second-order valence-electron chi connectivity index (χ2n) is 3.40. The molecule has 0 spiro atoms. The van der Waals surface area contributed by atoms with Crippen molar-refractivity contribution in [3.63, 3.8) is 0 Å². The van der Waals surface area contributed by atoms with Crippen LogP contribution in [0.25, 0.3) is 10.9 Å². The van der Waals surface area contributed by atoms with Crippen molar-refractivity contribution in [2.45, 2.75) is 4.90 Å². The Hall–Kier alpha value is -1.84. The number of nitriles is 1. The summed E-state index contributed by atoms with van der Waals surface area (Å²) in [6.45, 7) is 0. The van der Waals surface area contributed by atoms with Crippen LogP contribution in [0.4, 0.5) is 5.69 Å². The number of nitro benzene ring substituents is 1. The molecule has 0 aliphatic heterocycles. The summed E-state index contributed by atoms with van der Waals surface area (Å²) in [6.07, 6.45) is 3.17. The van der Waals surface area contributed by atoms with E-state index < -0.39 is 4.92 Å². The summed E-state index contributed by atoms with van der Waals surface area (Å²) in [7, 11) is 0. The summed E-state index contributed by atoms with van der Waals surface area (Å²) in [5, 5.41) is 20.3. The SMILES string of the molecule is CSc1cc([N+](=O)[O-])cc2c(Cl)c(C#N)cnc12. The van der Waals surface area contributed by atoms with Gasteiger partial charge in [0.1, 0.15) is 6.07 Å². The lowest BCUT2D eigenvalue weighted by atomic mass is 10.1. The molecule has 5 nitrogen and oxygen atoms in total. The summed E-state index contributed by atoms with van der Waals surface area (Å²) in [5.74, 6) is 0. The zero-order chi connectivity index (χ0) is 13.3. The van der Waals surface area contributed by atoms with Crippen LogP contribution in [0.2, 0.25) is 5.02 Å². The first-order valence-electron chi connectivity index (χ1n) is 4.79. The van der Waals surface area contributed by atoms with Crippen molar-refractivity contribution < 1.29 is 4.92 Å². The minimum Gasteiger partial charge on any atom is -0.258 e. The van der Waals surface area contributed by atoms with E-state index in [-0.39, 0.29) is 16.3 Å². The highest BCUT2D eigenvalue weighted by Gasteiger charge is 2.16. The summed E-state index contributed by atoms with van der Waals surface area (Å²) >= 11 is 7.40. The maximum Gasteiger partial charge on any atom is 0.271 e. The van der Waals surface area contributed by atoms with Gasteiger partial charge in [-0.3, -0.25) is 15.1 Å². The maximum absolute atomic E-state index is 10.8. The Morgan fingerprint density at radius 1 is 1.56 bits per heavy atom. The fraction of sp³-hybridized carbons (Fsp3) is 0.0909. The number of hydrogen-bond acceptors (Lipinski definition) is 5. The Balaban J connectivity index is 2.89. The van der Waals surface area contributed by atoms with E-state index in [0.717, 1.165) is 0 Å². The van der Waals surface area contributed by atoms with Crippen LogP contribution in [-0.2, 0) is 0 Å². The molecule has 0 unspecified atom stereocenters. The molecule has 0 aliphatic rings.